The van der Waals surface area contributed by atoms with Crippen molar-refractivity contribution < 1.29 is 13.2 Å². The van der Waals surface area contributed by atoms with Crippen LogP contribution in [0.2, 0.25) is 0 Å². The molecule has 0 radical (unpaired) electrons. The summed E-state index contributed by atoms with van der Waals surface area (Å²) in [5.41, 5.74) is 7.36. The van der Waals surface area contributed by atoms with E-state index in [0.29, 0.717) is 18.8 Å². The number of carbonyl (C=O) groups excluding carboxylic acids is 1. The quantitative estimate of drug-likeness (QED) is 0.557. The van der Waals surface area contributed by atoms with Crippen molar-refractivity contribution in [3.63, 3.8) is 0 Å². The highest BCUT2D eigenvalue weighted by atomic mass is 32.2. The molecule has 0 aliphatic carbocycles. The highest BCUT2D eigenvalue weighted by molar-refractivity contribution is 7.89. The van der Waals surface area contributed by atoms with Crippen LogP contribution in [0.25, 0.3) is 0 Å². The van der Waals surface area contributed by atoms with Crippen molar-refractivity contribution in [2.24, 2.45) is 10.8 Å². The number of carbonyl (C=O) groups is 1. The molecule has 0 aromatic heterocycles. The number of nitrogens with zero attached hydrogens (tertiary/aromatic N) is 3. The predicted octanol–water partition coefficient (Wildman–Crippen LogP) is 0.494. The Labute approximate surface area is 129 Å². The summed E-state index contributed by atoms with van der Waals surface area (Å²) in [5.74, 6) is -0.948. The van der Waals surface area contributed by atoms with Gasteiger partial charge in [0.2, 0.25) is 15.7 Å². The maximum atomic E-state index is 12.3. The van der Waals surface area contributed by atoms with Crippen molar-refractivity contribution in [2.75, 3.05) is 18.5 Å². The van der Waals surface area contributed by atoms with Gasteiger partial charge >= 0.3 is 0 Å². The lowest BCUT2D eigenvalue weighted by atomic mass is 10.3. The summed E-state index contributed by atoms with van der Waals surface area (Å²) in [7, 11) is -3.52. The Kier molecular flexibility index (Phi) is 6.03. The third kappa shape index (κ3) is 4.03. The molecule has 0 fully saturated rings. The van der Waals surface area contributed by atoms with Crippen LogP contribution in [0.3, 0.4) is 0 Å². The first-order chi connectivity index (χ1) is 10.4. The fourth-order valence-electron chi connectivity index (χ4n) is 1.67. The minimum absolute atomic E-state index is 0.154. The average Bonchev–Trinajstić information content (AvgIpc) is 2.49. The maximum absolute atomic E-state index is 12.3. The Balaban J connectivity index is 2.97. The molecule has 0 atom stereocenters. The Morgan fingerprint density at radius 2 is 1.86 bits per heavy atom. The molecule has 22 heavy (non-hydrogen) atoms. The van der Waals surface area contributed by atoms with Gasteiger partial charge in [0.15, 0.2) is 0 Å². The number of hydrogen-bond donors (Lipinski definition) is 2. The summed E-state index contributed by atoms with van der Waals surface area (Å²) in [6.07, 6.45) is 0. The first-order valence-electron chi connectivity index (χ1n) is 6.50. The zero-order valence-electron chi connectivity index (χ0n) is 12.3. The topological polar surface area (TPSA) is 129 Å². The minimum Gasteiger partial charge on any atom is -0.364 e. The highest BCUT2D eigenvalue weighted by Crippen LogP contribution is 2.18. The number of hydrazone groups is 1. The van der Waals surface area contributed by atoms with Gasteiger partial charge in [-0.3, -0.25) is 10.2 Å². The summed E-state index contributed by atoms with van der Waals surface area (Å²) in [6, 6.07) is 7.35. The van der Waals surface area contributed by atoms with Crippen molar-refractivity contribution >= 4 is 27.3 Å². The lowest BCUT2D eigenvalue weighted by Gasteiger charge is -2.18. The molecular weight excluding hydrogens is 306 g/mol. The van der Waals surface area contributed by atoms with Gasteiger partial charge in [-0.2, -0.15) is 14.7 Å². The number of anilines is 1. The van der Waals surface area contributed by atoms with Crippen LogP contribution in [0.15, 0.2) is 34.3 Å². The first kappa shape index (κ1) is 17.6. The third-order valence-electron chi connectivity index (χ3n) is 2.83. The van der Waals surface area contributed by atoms with Crippen LogP contribution in [0.1, 0.15) is 13.8 Å². The molecule has 1 rings (SSSR count). The number of rotatable bonds is 7. The monoisotopic (exact) mass is 323 g/mol. The lowest BCUT2D eigenvalue weighted by molar-refractivity contribution is -0.111. The predicted molar refractivity (Wildman–Crippen MR) is 82.4 cm³/mol. The van der Waals surface area contributed by atoms with Crippen LogP contribution < -0.4 is 11.2 Å². The van der Waals surface area contributed by atoms with Gasteiger partial charge in [0.1, 0.15) is 6.07 Å². The molecule has 0 unspecified atom stereocenters. The van der Waals surface area contributed by atoms with Crippen LogP contribution >= 0.6 is 0 Å². The van der Waals surface area contributed by atoms with E-state index in [9.17, 15) is 13.2 Å². The Morgan fingerprint density at radius 3 is 2.27 bits per heavy atom. The Morgan fingerprint density at radius 1 is 1.32 bits per heavy atom. The highest BCUT2D eigenvalue weighted by Gasteiger charge is 2.21. The van der Waals surface area contributed by atoms with E-state index in [1.54, 1.807) is 19.9 Å². The molecule has 118 valence electrons. The summed E-state index contributed by atoms with van der Waals surface area (Å²) >= 11 is 0. The van der Waals surface area contributed by atoms with E-state index in [-0.39, 0.29) is 4.90 Å². The largest absolute Gasteiger partial charge is 0.364 e. The second-order valence-corrected chi connectivity index (χ2v) is 6.10. The number of nitriles is 1. The maximum Gasteiger partial charge on any atom is 0.280 e. The van der Waals surface area contributed by atoms with Gasteiger partial charge in [-0.1, -0.05) is 13.8 Å². The molecule has 0 aliphatic rings. The minimum atomic E-state index is -3.52. The number of amides is 1. The van der Waals surface area contributed by atoms with Gasteiger partial charge in [0.25, 0.3) is 5.91 Å². The van der Waals surface area contributed by atoms with E-state index in [1.165, 1.54) is 28.6 Å². The Hall–Kier alpha value is -2.44. The van der Waals surface area contributed by atoms with Gasteiger partial charge in [0, 0.05) is 13.1 Å². The zero-order chi connectivity index (χ0) is 16.8. The lowest BCUT2D eigenvalue weighted by Crippen LogP contribution is -2.30. The van der Waals surface area contributed by atoms with Crippen molar-refractivity contribution in [3.05, 3.63) is 24.3 Å². The van der Waals surface area contributed by atoms with Crippen molar-refractivity contribution in [1.29, 1.82) is 5.26 Å². The Bertz CT molecular complexity index is 700. The molecule has 0 heterocycles. The van der Waals surface area contributed by atoms with Crippen molar-refractivity contribution in [2.45, 2.75) is 18.7 Å². The first-order valence-corrected chi connectivity index (χ1v) is 7.94. The standard InChI is InChI=1S/C13H17N5O3S/c1-3-18(4-2)22(20,21)11-7-5-10(6-8-11)16-17-12(9-14)13(15)19/h5-8,16H,3-4H2,1-2H3,(H2,15,19). The van der Waals surface area contributed by atoms with Gasteiger partial charge in [-0.05, 0) is 24.3 Å². The van der Waals surface area contributed by atoms with E-state index in [1.807, 2.05) is 0 Å². The van der Waals surface area contributed by atoms with Crippen LogP contribution in [-0.2, 0) is 14.8 Å². The molecule has 9 heteroatoms. The SMILES string of the molecule is CCN(CC)S(=O)(=O)c1ccc(NN=C(C#N)C(N)=O)cc1. The fraction of sp³-hybridized carbons (Fsp3) is 0.308. The van der Waals surface area contributed by atoms with Crippen molar-refractivity contribution in [1.82, 2.24) is 4.31 Å². The van der Waals surface area contributed by atoms with Crippen LogP contribution in [0, 0.1) is 11.3 Å². The average molecular weight is 323 g/mol. The number of sulfonamides is 1. The molecule has 1 aromatic carbocycles. The number of nitrogens with one attached hydrogen (secondary N) is 1. The number of nitrogens with two attached hydrogens (primary N) is 1. The molecule has 0 saturated carbocycles. The molecule has 8 nitrogen and oxygen atoms in total. The molecule has 3 N–H and O–H groups in total. The molecule has 1 aromatic rings. The van der Waals surface area contributed by atoms with Crippen LogP contribution in [0.4, 0.5) is 5.69 Å². The van der Waals surface area contributed by atoms with Gasteiger partial charge < -0.3 is 5.73 Å². The molecular formula is C13H17N5O3S. The van der Waals surface area contributed by atoms with Gasteiger partial charge in [-0.25, -0.2) is 8.42 Å². The summed E-state index contributed by atoms with van der Waals surface area (Å²) < 4.78 is 25.9. The summed E-state index contributed by atoms with van der Waals surface area (Å²) in [6.45, 7) is 4.29. The fourth-order valence-corrected chi connectivity index (χ4v) is 3.13. The smallest absolute Gasteiger partial charge is 0.280 e. The van der Waals surface area contributed by atoms with Gasteiger partial charge in [0.05, 0.1) is 10.6 Å². The number of primary amides is 1. The van der Waals surface area contributed by atoms with E-state index in [0.717, 1.165) is 0 Å². The van der Waals surface area contributed by atoms with Gasteiger partial charge in [-0.15, -0.1) is 0 Å². The molecule has 0 saturated heterocycles. The van der Waals surface area contributed by atoms with E-state index in [4.69, 9.17) is 11.0 Å². The third-order valence-corrected chi connectivity index (χ3v) is 4.90. The van der Waals surface area contributed by atoms with E-state index in [2.05, 4.69) is 10.5 Å². The summed E-state index contributed by atoms with van der Waals surface area (Å²) in [4.78, 5) is 11.0. The second-order valence-electron chi connectivity index (χ2n) is 4.16. The van der Waals surface area contributed by atoms with E-state index < -0.39 is 21.6 Å². The second kappa shape index (κ2) is 7.53. The normalized spacial score (nSPS) is 12.0. The zero-order valence-corrected chi connectivity index (χ0v) is 13.1. The van der Waals surface area contributed by atoms with Crippen LogP contribution in [0.5, 0.6) is 0 Å². The molecule has 0 bridgehead atoms. The van der Waals surface area contributed by atoms with Crippen LogP contribution in [-0.4, -0.2) is 37.4 Å². The number of hydrogen-bond acceptors (Lipinski definition) is 6. The molecule has 1 amide bonds. The number of benzene rings is 1. The van der Waals surface area contributed by atoms with E-state index >= 15 is 0 Å². The van der Waals surface area contributed by atoms with Crippen molar-refractivity contribution in [3.8, 4) is 6.07 Å². The molecule has 0 spiro atoms. The summed E-state index contributed by atoms with van der Waals surface area (Å²) in [5, 5.41) is 12.2. The molecule has 0 aliphatic heterocycles.